The van der Waals surface area contributed by atoms with Gasteiger partial charge in [0, 0.05) is 30.1 Å². The summed E-state index contributed by atoms with van der Waals surface area (Å²) in [6, 6.07) is 3.58. The van der Waals surface area contributed by atoms with Gasteiger partial charge in [0.2, 0.25) is 0 Å². The number of carboxylic acid groups (broad SMARTS) is 1. The number of benzene rings is 1. The highest BCUT2D eigenvalue weighted by Crippen LogP contribution is 2.46. The second-order valence-electron chi connectivity index (χ2n) is 5.73. The lowest BCUT2D eigenvalue weighted by Gasteiger charge is -2.27. The normalized spacial score (nSPS) is 20.2. The number of aliphatic carboxylic acids is 1. The van der Waals surface area contributed by atoms with Crippen molar-refractivity contribution in [2.45, 2.75) is 24.4 Å². The van der Waals surface area contributed by atoms with E-state index >= 15 is 0 Å². The molecule has 1 heterocycles. The fourth-order valence-corrected chi connectivity index (χ4v) is 3.54. The van der Waals surface area contributed by atoms with Crippen molar-refractivity contribution >= 4 is 29.3 Å². The van der Waals surface area contributed by atoms with Gasteiger partial charge in [0.1, 0.15) is 0 Å². The first kappa shape index (κ1) is 20.0. The number of alkyl halides is 3. The average molecular weight is 392 g/mol. The maximum Gasteiger partial charge on any atom is 0.406 e. The molecule has 2 rings (SSSR count). The number of nitro benzene ring substituents is 1. The largest absolute Gasteiger partial charge is 0.481 e. The number of non-ortho nitro benzene ring substituents is 1. The van der Waals surface area contributed by atoms with Gasteiger partial charge in [0.05, 0.1) is 10.5 Å². The minimum atomic E-state index is -5.02. The van der Waals surface area contributed by atoms with Crippen LogP contribution >= 0.6 is 11.8 Å². The minimum Gasteiger partial charge on any atom is -0.481 e. The number of hydrogen-bond donors (Lipinski definition) is 1. The number of amides is 1. The molecule has 0 spiro atoms. The van der Waals surface area contributed by atoms with Gasteiger partial charge in [-0.15, -0.1) is 11.8 Å². The average Bonchev–Trinajstić information content (AvgIpc) is 3.01. The molecule has 26 heavy (non-hydrogen) atoms. The van der Waals surface area contributed by atoms with Crippen LogP contribution in [0.5, 0.6) is 0 Å². The van der Waals surface area contributed by atoms with E-state index in [4.69, 9.17) is 5.11 Å². The van der Waals surface area contributed by atoms with Crippen LogP contribution in [0.4, 0.5) is 18.9 Å². The molecule has 1 aliphatic heterocycles. The molecule has 1 fully saturated rings. The van der Waals surface area contributed by atoms with E-state index in [1.54, 1.807) is 6.92 Å². The number of nitro groups is 1. The number of carboxylic acids is 1. The van der Waals surface area contributed by atoms with Gasteiger partial charge in [-0.25, -0.2) is 0 Å². The molecular weight excluding hydrogens is 377 g/mol. The smallest absolute Gasteiger partial charge is 0.406 e. The zero-order valence-corrected chi connectivity index (χ0v) is 14.4. The number of carbonyl (C=O) groups is 2. The fourth-order valence-electron chi connectivity index (χ4n) is 2.76. The van der Waals surface area contributed by atoms with Crippen LogP contribution < -0.4 is 0 Å². The molecule has 7 nitrogen and oxygen atoms in total. The van der Waals surface area contributed by atoms with Gasteiger partial charge in [0.25, 0.3) is 11.6 Å². The Kier molecular flexibility index (Phi) is 5.49. The van der Waals surface area contributed by atoms with Gasteiger partial charge >= 0.3 is 12.1 Å². The number of thioether (sulfide) groups is 1. The third kappa shape index (κ3) is 3.48. The summed E-state index contributed by atoms with van der Waals surface area (Å²) in [5.41, 5.74) is -3.50. The fraction of sp³-hybridized carbons (Fsp3) is 0.467. The van der Waals surface area contributed by atoms with E-state index in [2.05, 4.69) is 0 Å². The van der Waals surface area contributed by atoms with Gasteiger partial charge in [0.15, 0.2) is 5.41 Å². The summed E-state index contributed by atoms with van der Waals surface area (Å²) in [4.78, 5) is 35.3. The number of likely N-dealkylation sites (tertiary alicyclic amines) is 1. The van der Waals surface area contributed by atoms with Crippen molar-refractivity contribution in [1.29, 1.82) is 0 Å². The summed E-state index contributed by atoms with van der Waals surface area (Å²) in [6.07, 6.45) is -5.78. The van der Waals surface area contributed by atoms with Crippen LogP contribution in [-0.4, -0.2) is 51.8 Å². The highest BCUT2D eigenvalue weighted by Gasteiger charge is 2.64. The summed E-state index contributed by atoms with van der Waals surface area (Å²) in [5, 5.41) is 20.0. The van der Waals surface area contributed by atoms with E-state index < -0.39 is 47.9 Å². The topological polar surface area (TPSA) is 101 Å². The summed E-state index contributed by atoms with van der Waals surface area (Å²) >= 11 is 1.21. The molecule has 0 radical (unpaired) electrons. The molecule has 1 aliphatic rings. The van der Waals surface area contributed by atoms with E-state index in [0.29, 0.717) is 10.6 Å². The number of carbonyl (C=O) groups excluding carboxylic acids is 1. The number of nitrogens with zero attached hydrogens (tertiary/aromatic N) is 2. The third-order valence-electron chi connectivity index (χ3n) is 4.21. The van der Waals surface area contributed by atoms with Gasteiger partial charge in [-0.2, -0.15) is 13.2 Å². The molecule has 1 aromatic rings. The third-order valence-corrected chi connectivity index (χ3v) is 5.17. The Labute approximate surface area is 150 Å². The van der Waals surface area contributed by atoms with Crippen molar-refractivity contribution in [3.63, 3.8) is 0 Å². The van der Waals surface area contributed by atoms with Gasteiger partial charge in [-0.05, 0) is 18.2 Å². The SMILES string of the molecule is CCSc1ccc([N+](=O)[O-])cc1C(=O)N1CCC(C(=O)O)(C(F)(F)F)C1. The van der Waals surface area contributed by atoms with Crippen molar-refractivity contribution < 1.29 is 32.8 Å². The quantitative estimate of drug-likeness (QED) is 0.469. The lowest BCUT2D eigenvalue weighted by molar-refractivity contribution is -0.384. The lowest BCUT2D eigenvalue weighted by Crippen LogP contribution is -2.47. The molecule has 1 unspecified atom stereocenters. The highest BCUT2D eigenvalue weighted by molar-refractivity contribution is 7.99. The zero-order chi connectivity index (χ0) is 19.7. The summed E-state index contributed by atoms with van der Waals surface area (Å²) in [6.45, 7) is 0.364. The van der Waals surface area contributed by atoms with Crippen molar-refractivity contribution in [1.82, 2.24) is 4.90 Å². The first-order chi connectivity index (χ1) is 12.0. The van der Waals surface area contributed by atoms with Gasteiger partial charge in [-0.3, -0.25) is 19.7 Å². The van der Waals surface area contributed by atoms with Crippen LogP contribution in [0.15, 0.2) is 23.1 Å². The van der Waals surface area contributed by atoms with Gasteiger partial charge < -0.3 is 10.0 Å². The maximum absolute atomic E-state index is 13.3. The van der Waals surface area contributed by atoms with Crippen LogP contribution in [0.2, 0.25) is 0 Å². The summed E-state index contributed by atoms with van der Waals surface area (Å²) in [7, 11) is 0. The molecule has 1 N–H and O–H groups in total. The van der Waals surface area contributed by atoms with Crippen LogP contribution in [0.25, 0.3) is 0 Å². The Morgan fingerprint density at radius 3 is 2.54 bits per heavy atom. The Bertz CT molecular complexity index is 755. The highest BCUT2D eigenvalue weighted by atomic mass is 32.2. The molecule has 11 heteroatoms. The van der Waals surface area contributed by atoms with Crippen molar-refractivity contribution in [2.75, 3.05) is 18.8 Å². The Morgan fingerprint density at radius 1 is 1.42 bits per heavy atom. The second-order valence-corrected chi connectivity index (χ2v) is 7.04. The van der Waals surface area contributed by atoms with E-state index in [1.165, 1.54) is 23.9 Å². The number of rotatable bonds is 5. The predicted octanol–water partition coefficient (Wildman–Crippen LogP) is 3.19. The molecule has 1 saturated heterocycles. The van der Waals surface area contributed by atoms with Crippen LogP contribution in [-0.2, 0) is 4.79 Å². The second kappa shape index (κ2) is 7.14. The molecule has 0 saturated carbocycles. The predicted molar refractivity (Wildman–Crippen MR) is 86.1 cm³/mol. The molecule has 0 aromatic heterocycles. The lowest BCUT2D eigenvalue weighted by atomic mass is 9.86. The molecule has 142 valence electrons. The van der Waals surface area contributed by atoms with E-state index in [9.17, 15) is 32.9 Å². The number of hydrogen-bond acceptors (Lipinski definition) is 5. The molecule has 0 aliphatic carbocycles. The van der Waals surface area contributed by atoms with Gasteiger partial charge in [-0.1, -0.05) is 6.92 Å². The Balaban J connectivity index is 2.39. The molecule has 1 aromatic carbocycles. The number of halogens is 3. The van der Waals surface area contributed by atoms with Crippen LogP contribution in [0, 0.1) is 15.5 Å². The van der Waals surface area contributed by atoms with Crippen molar-refractivity contribution in [2.24, 2.45) is 5.41 Å². The first-order valence-corrected chi connectivity index (χ1v) is 8.52. The first-order valence-electron chi connectivity index (χ1n) is 7.54. The molecule has 0 bridgehead atoms. The van der Waals surface area contributed by atoms with Crippen molar-refractivity contribution in [3.8, 4) is 0 Å². The van der Waals surface area contributed by atoms with Crippen LogP contribution in [0.1, 0.15) is 23.7 Å². The zero-order valence-electron chi connectivity index (χ0n) is 13.6. The molecule has 1 amide bonds. The summed E-state index contributed by atoms with van der Waals surface area (Å²) in [5.74, 6) is -2.35. The van der Waals surface area contributed by atoms with Crippen molar-refractivity contribution in [3.05, 3.63) is 33.9 Å². The van der Waals surface area contributed by atoms with E-state index in [1.807, 2.05) is 0 Å². The maximum atomic E-state index is 13.3. The minimum absolute atomic E-state index is 0.102. The molecule has 1 atom stereocenters. The van der Waals surface area contributed by atoms with E-state index in [-0.39, 0.29) is 11.3 Å². The molecular formula is C15H15F3N2O5S. The standard InChI is InChI=1S/C15H15F3N2O5S/c1-2-26-11-4-3-9(20(24)25)7-10(11)12(21)19-6-5-14(8-19,13(22)23)15(16,17)18/h3-4,7H,2,5-6,8H2,1H3,(H,22,23). The Morgan fingerprint density at radius 2 is 2.08 bits per heavy atom. The monoisotopic (exact) mass is 392 g/mol. The summed E-state index contributed by atoms with van der Waals surface area (Å²) < 4.78 is 39.8. The van der Waals surface area contributed by atoms with Crippen LogP contribution in [0.3, 0.4) is 0 Å². The van der Waals surface area contributed by atoms with E-state index in [0.717, 1.165) is 11.0 Å². The Hall–Kier alpha value is -2.30.